The molecule has 0 rings (SSSR count). The van der Waals surface area contributed by atoms with Crippen molar-refractivity contribution in [1.82, 2.24) is 0 Å². The molecule has 0 aliphatic carbocycles. The fourth-order valence-corrected chi connectivity index (χ4v) is 1.29. The molecule has 0 saturated heterocycles. The third-order valence-electron chi connectivity index (χ3n) is 2.20. The van der Waals surface area contributed by atoms with Crippen LogP contribution in [0.5, 0.6) is 0 Å². The highest BCUT2D eigenvalue weighted by Crippen LogP contribution is 2.07. The zero-order valence-electron chi connectivity index (χ0n) is 12.2. The molecule has 18 heavy (non-hydrogen) atoms. The van der Waals surface area contributed by atoms with E-state index in [2.05, 4.69) is 0 Å². The van der Waals surface area contributed by atoms with Gasteiger partial charge < -0.3 is 9.47 Å². The Balaban J connectivity index is 3.73. The summed E-state index contributed by atoms with van der Waals surface area (Å²) in [6.45, 7) is 10.5. The number of rotatable bonds is 8. The van der Waals surface area contributed by atoms with Crippen LogP contribution in [-0.4, -0.2) is 25.2 Å². The van der Waals surface area contributed by atoms with Crippen LogP contribution in [-0.2, 0) is 19.1 Å². The second kappa shape index (κ2) is 8.95. The molecule has 0 fully saturated rings. The van der Waals surface area contributed by atoms with Crippen LogP contribution in [0.1, 0.15) is 47.5 Å². The third-order valence-corrected chi connectivity index (χ3v) is 2.20. The Morgan fingerprint density at radius 1 is 0.778 bits per heavy atom. The van der Waals surface area contributed by atoms with Gasteiger partial charge in [0.25, 0.3) is 0 Å². The van der Waals surface area contributed by atoms with Gasteiger partial charge >= 0.3 is 11.9 Å². The summed E-state index contributed by atoms with van der Waals surface area (Å²) in [5.41, 5.74) is 0. The summed E-state index contributed by atoms with van der Waals surface area (Å²) in [4.78, 5) is 22.7. The summed E-state index contributed by atoms with van der Waals surface area (Å²) in [5, 5.41) is 0. The summed E-state index contributed by atoms with van der Waals surface area (Å²) in [6, 6.07) is 0. The van der Waals surface area contributed by atoms with Crippen molar-refractivity contribution in [2.75, 3.05) is 13.2 Å². The van der Waals surface area contributed by atoms with E-state index >= 15 is 0 Å². The van der Waals surface area contributed by atoms with E-state index in [4.69, 9.17) is 9.47 Å². The van der Waals surface area contributed by atoms with E-state index in [1.54, 1.807) is 0 Å². The molecule has 4 nitrogen and oxygen atoms in total. The number of hydrogen-bond acceptors (Lipinski definition) is 4. The Labute approximate surface area is 110 Å². The van der Waals surface area contributed by atoms with Crippen LogP contribution >= 0.6 is 0 Å². The predicted octanol–water partition coefficient (Wildman–Crippen LogP) is 2.80. The average Bonchev–Trinajstić information content (AvgIpc) is 2.22. The van der Waals surface area contributed by atoms with Crippen LogP contribution in [0.3, 0.4) is 0 Å². The van der Waals surface area contributed by atoms with Crippen LogP contribution in [0.15, 0.2) is 0 Å². The monoisotopic (exact) mass is 258 g/mol. The number of hydrogen-bond donors (Lipinski definition) is 0. The quantitative estimate of drug-likeness (QED) is 0.628. The van der Waals surface area contributed by atoms with Gasteiger partial charge in [-0.3, -0.25) is 9.59 Å². The van der Waals surface area contributed by atoms with Crippen LogP contribution in [0.2, 0.25) is 0 Å². The lowest BCUT2D eigenvalue weighted by molar-refractivity contribution is -0.150. The summed E-state index contributed by atoms with van der Waals surface area (Å²) < 4.78 is 10.2. The van der Waals surface area contributed by atoms with Crippen molar-refractivity contribution in [3.05, 3.63) is 0 Å². The fraction of sp³-hybridized carbons (Fsp3) is 0.857. The molecule has 0 aromatic heterocycles. The minimum atomic E-state index is -0.226. The number of esters is 2. The molecule has 0 aromatic carbocycles. The van der Waals surface area contributed by atoms with Gasteiger partial charge in [-0.25, -0.2) is 0 Å². The van der Waals surface area contributed by atoms with Gasteiger partial charge in [-0.1, -0.05) is 34.6 Å². The molecule has 1 unspecified atom stereocenters. The SMILES string of the molecule is CC(C)COC(=O)CC(C)COC(=O)CC(C)C. The summed E-state index contributed by atoms with van der Waals surface area (Å²) in [7, 11) is 0. The maximum atomic E-state index is 11.4. The van der Waals surface area contributed by atoms with E-state index in [0.717, 1.165) is 0 Å². The van der Waals surface area contributed by atoms with Crippen molar-refractivity contribution in [2.24, 2.45) is 17.8 Å². The number of ether oxygens (including phenoxy) is 2. The second-order valence-electron chi connectivity index (χ2n) is 5.67. The van der Waals surface area contributed by atoms with Gasteiger partial charge in [0.2, 0.25) is 0 Å². The maximum absolute atomic E-state index is 11.4. The van der Waals surface area contributed by atoms with Gasteiger partial charge in [0.05, 0.1) is 19.6 Å². The van der Waals surface area contributed by atoms with Gasteiger partial charge in [0.15, 0.2) is 0 Å². The topological polar surface area (TPSA) is 52.6 Å². The first-order valence-electron chi connectivity index (χ1n) is 6.62. The molecule has 4 heteroatoms. The molecular weight excluding hydrogens is 232 g/mol. The first-order chi connectivity index (χ1) is 8.31. The van der Waals surface area contributed by atoms with Gasteiger partial charge in [-0.2, -0.15) is 0 Å². The molecule has 0 saturated carbocycles. The smallest absolute Gasteiger partial charge is 0.306 e. The van der Waals surface area contributed by atoms with E-state index in [-0.39, 0.29) is 24.5 Å². The highest BCUT2D eigenvalue weighted by Gasteiger charge is 2.14. The zero-order chi connectivity index (χ0) is 14.1. The van der Waals surface area contributed by atoms with Crippen molar-refractivity contribution >= 4 is 11.9 Å². The molecule has 0 bridgehead atoms. The zero-order valence-corrected chi connectivity index (χ0v) is 12.2. The van der Waals surface area contributed by atoms with E-state index < -0.39 is 0 Å². The molecule has 0 radical (unpaired) electrons. The van der Waals surface area contributed by atoms with E-state index in [1.165, 1.54) is 0 Å². The van der Waals surface area contributed by atoms with Crippen molar-refractivity contribution in [3.63, 3.8) is 0 Å². The predicted molar refractivity (Wildman–Crippen MR) is 70.0 cm³/mol. The molecular formula is C14H26O4. The highest BCUT2D eigenvalue weighted by molar-refractivity contribution is 5.70. The van der Waals surface area contributed by atoms with Crippen molar-refractivity contribution in [2.45, 2.75) is 47.5 Å². The van der Waals surface area contributed by atoms with Crippen LogP contribution in [0, 0.1) is 17.8 Å². The van der Waals surface area contributed by atoms with Crippen LogP contribution in [0.25, 0.3) is 0 Å². The second-order valence-corrected chi connectivity index (χ2v) is 5.67. The van der Waals surface area contributed by atoms with Gasteiger partial charge in [0.1, 0.15) is 0 Å². The molecule has 0 aromatic rings. The normalized spacial score (nSPS) is 12.6. The Kier molecular flexibility index (Phi) is 8.42. The maximum Gasteiger partial charge on any atom is 0.306 e. The third kappa shape index (κ3) is 10.1. The fourth-order valence-electron chi connectivity index (χ4n) is 1.29. The molecule has 0 amide bonds. The van der Waals surface area contributed by atoms with E-state index in [9.17, 15) is 9.59 Å². The summed E-state index contributed by atoms with van der Waals surface area (Å²) in [5.74, 6) is 0.209. The molecule has 0 spiro atoms. The molecule has 0 aliphatic heterocycles. The van der Waals surface area contributed by atoms with Gasteiger partial charge in [-0.15, -0.1) is 0 Å². The Bertz CT molecular complexity index is 259. The standard InChI is InChI=1S/C14H26O4/c1-10(2)6-13(15)18-9-12(5)7-14(16)17-8-11(3)4/h10-12H,6-9H2,1-5H3. The average molecular weight is 258 g/mol. The van der Waals surface area contributed by atoms with E-state index in [1.807, 2.05) is 34.6 Å². The van der Waals surface area contributed by atoms with Crippen LogP contribution < -0.4 is 0 Å². The molecule has 0 N–H and O–H groups in total. The number of carbonyl (C=O) groups is 2. The summed E-state index contributed by atoms with van der Waals surface area (Å²) >= 11 is 0. The molecule has 0 heterocycles. The molecule has 0 aliphatic rings. The van der Waals surface area contributed by atoms with Gasteiger partial charge in [0, 0.05) is 12.3 Å². The van der Waals surface area contributed by atoms with Crippen LogP contribution in [0.4, 0.5) is 0 Å². The molecule has 106 valence electrons. The lowest BCUT2D eigenvalue weighted by Gasteiger charge is -2.13. The van der Waals surface area contributed by atoms with Crippen molar-refractivity contribution in [3.8, 4) is 0 Å². The number of carbonyl (C=O) groups excluding carboxylic acids is 2. The first-order valence-corrected chi connectivity index (χ1v) is 6.62. The summed E-state index contributed by atoms with van der Waals surface area (Å²) in [6.07, 6.45) is 0.714. The first kappa shape index (κ1) is 16.9. The lowest BCUT2D eigenvalue weighted by atomic mass is 10.1. The van der Waals surface area contributed by atoms with Crippen molar-refractivity contribution in [1.29, 1.82) is 0 Å². The van der Waals surface area contributed by atoms with E-state index in [0.29, 0.717) is 31.3 Å². The van der Waals surface area contributed by atoms with Gasteiger partial charge in [-0.05, 0) is 11.8 Å². The minimum Gasteiger partial charge on any atom is -0.465 e. The van der Waals surface area contributed by atoms with Crippen molar-refractivity contribution < 1.29 is 19.1 Å². The highest BCUT2D eigenvalue weighted by atomic mass is 16.5. The Morgan fingerprint density at radius 2 is 1.28 bits per heavy atom. The minimum absolute atomic E-state index is 0.000717. The Hall–Kier alpha value is -1.06. The lowest BCUT2D eigenvalue weighted by Crippen LogP contribution is -2.18. The largest absolute Gasteiger partial charge is 0.465 e. The Morgan fingerprint density at radius 3 is 1.78 bits per heavy atom. The molecule has 1 atom stereocenters.